The van der Waals surface area contributed by atoms with Gasteiger partial charge >= 0.3 is 0 Å². The van der Waals surface area contributed by atoms with Crippen LogP contribution in [0.15, 0.2) is 54.7 Å². The normalized spacial score (nSPS) is 13.1. The van der Waals surface area contributed by atoms with E-state index in [1.807, 2.05) is 30.3 Å². The first-order valence-corrected chi connectivity index (χ1v) is 8.63. The number of hydrogen-bond donors (Lipinski definition) is 0. The Kier molecular flexibility index (Phi) is 4.03. The SMILES string of the molecule is COc1ccc(-c2c[n+](Cc3cccc(Cl)c3)c3n2CCC3)cc1. The molecule has 122 valence electrons. The van der Waals surface area contributed by atoms with E-state index in [0.717, 1.165) is 30.3 Å². The van der Waals surface area contributed by atoms with E-state index in [9.17, 15) is 0 Å². The molecule has 4 rings (SSSR count). The third-order valence-electron chi connectivity index (χ3n) is 4.62. The van der Waals surface area contributed by atoms with Crippen LogP contribution < -0.4 is 9.30 Å². The highest BCUT2D eigenvalue weighted by Gasteiger charge is 2.28. The Bertz CT molecular complexity index is 868. The fourth-order valence-electron chi connectivity index (χ4n) is 3.47. The molecule has 0 atom stereocenters. The number of aromatic nitrogens is 2. The Morgan fingerprint density at radius 2 is 2.00 bits per heavy atom. The summed E-state index contributed by atoms with van der Waals surface area (Å²) in [5, 5.41) is 0.791. The second kappa shape index (κ2) is 6.33. The van der Waals surface area contributed by atoms with Crippen LogP contribution in [0.4, 0.5) is 0 Å². The van der Waals surface area contributed by atoms with Crippen LogP contribution in [0.5, 0.6) is 5.75 Å². The minimum Gasteiger partial charge on any atom is -0.497 e. The van der Waals surface area contributed by atoms with E-state index in [4.69, 9.17) is 16.3 Å². The van der Waals surface area contributed by atoms with Crippen molar-refractivity contribution in [3.8, 4) is 17.0 Å². The van der Waals surface area contributed by atoms with Crippen LogP contribution in [-0.4, -0.2) is 11.7 Å². The van der Waals surface area contributed by atoms with Gasteiger partial charge in [0.05, 0.1) is 20.1 Å². The molecule has 2 aromatic carbocycles. The van der Waals surface area contributed by atoms with Crippen molar-refractivity contribution in [3.63, 3.8) is 0 Å². The average molecular weight is 340 g/mol. The Labute approximate surface area is 147 Å². The van der Waals surface area contributed by atoms with Crippen LogP contribution in [0.2, 0.25) is 5.02 Å². The second-order valence-electron chi connectivity index (χ2n) is 6.17. The summed E-state index contributed by atoms with van der Waals surface area (Å²) < 4.78 is 10.1. The standard InChI is InChI=1S/C20H20ClN2O/c1-24-18-9-7-16(8-10-18)19-14-22(20-6-3-11-23(19)20)13-15-4-2-5-17(21)12-15/h2,4-5,7-10,12,14H,3,6,11,13H2,1H3/q+1. The van der Waals surface area contributed by atoms with Gasteiger partial charge in [0.1, 0.15) is 18.5 Å². The highest BCUT2D eigenvalue weighted by Crippen LogP contribution is 2.26. The number of fused-ring (bicyclic) bond motifs is 1. The molecule has 1 aliphatic rings. The Morgan fingerprint density at radius 3 is 2.75 bits per heavy atom. The van der Waals surface area contributed by atoms with Gasteiger partial charge in [0.2, 0.25) is 0 Å². The highest BCUT2D eigenvalue weighted by molar-refractivity contribution is 6.30. The maximum absolute atomic E-state index is 6.13. The van der Waals surface area contributed by atoms with E-state index in [1.165, 1.54) is 29.1 Å². The molecule has 0 aliphatic carbocycles. The van der Waals surface area contributed by atoms with Gasteiger partial charge in [-0.25, -0.2) is 9.13 Å². The summed E-state index contributed by atoms with van der Waals surface area (Å²) in [4.78, 5) is 0. The van der Waals surface area contributed by atoms with Gasteiger partial charge in [-0.1, -0.05) is 23.7 Å². The summed E-state index contributed by atoms with van der Waals surface area (Å²) in [5.74, 6) is 2.28. The Balaban J connectivity index is 1.71. The number of hydrogen-bond acceptors (Lipinski definition) is 1. The van der Waals surface area contributed by atoms with E-state index in [-0.39, 0.29) is 0 Å². The monoisotopic (exact) mass is 339 g/mol. The van der Waals surface area contributed by atoms with Crippen LogP contribution in [0, 0.1) is 0 Å². The molecule has 3 nitrogen and oxygen atoms in total. The number of benzene rings is 2. The van der Waals surface area contributed by atoms with Crippen molar-refractivity contribution in [1.29, 1.82) is 0 Å². The number of halogens is 1. The van der Waals surface area contributed by atoms with E-state index >= 15 is 0 Å². The van der Waals surface area contributed by atoms with Gasteiger partial charge in [-0.3, -0.25) is 0 Å². The highest BCUT2D eigenvalue weighted by atomic mass is 35.5. The van der Waals surface area contributed by atoms with Gasteiger partial charge < -0.3 is 4.74 Å². The number of imidazole rings is 1. The predicted octanol–water partition coefficient (Wildman–Crippen LogP) is 4.10. The minimum absolute atomic E-state index is 0.791. The first kappa shape index (κ1) is 15.3. The molecule has 1 aromatic heterocycles. The summed E-state index contributed by atoms with van der Waals surface area (Å²) >= 11 is 6.13. The molecule has 0 radical (unpaired) electrons. The maximum atomic E-state index is 6.13. The fraction of sp³-hybridized carbons (Fsp3) is 0.250. The fourth-order valence-corrected chi connectivity index (χ4v) is 3.68. The number of ether oxygens (including phenoxy) is 1. The molecule has 2 heterocycles. The van der Waals surface area contributed by atoms with Crippen molar-refractivity contribution in [2.45, 2.75) is 25.9 Å². The molecule has 1 aliphatic heterocycles. The first-order chi connectivity index (χ1) is 11.7. The topological polar surface area (TPSA) is 18.0 Å². The van der Waals surface area contributed by atoms with Crippen molar-refractivity contribution >= 4 is 11.6 Å². The van der Waals surface area contributed by atoms with E-state index in [1.54, 1.807) is 7.11 Å². The van der Waals surface area contributed by atoms with Crippen molar-refractivity contribution in [2.75, 3.05) is 7.11 Å². The zero-order valence-electron chi connectivity index (χ0n) is 13.7. The lowest BCUT2D eigenvalue weighted by molar-refractivity contribution is -0.694. The van der Waals surface area contributed by atoms with Gasteiger partial charge in [-0.2, -0.15) is 0 Å². The summed E-state index contributed by atoms with van der Waals surface area (Å²) in [6.45, 7) is 1.94. The summed E-state index contributed by atoms with van der Waals surface area (Å²) in [6, 6.07) is 16.4. The Hall–Kier alpha value is -2.26. The molecule has 24 heavy (non-hydrogen) atoms. The molecular weight excluding hydrogens is 320 g/mol. The quantitative estimate of drug-likeness (QED) is 0.654. The van der Waals surface area contributed by atoms with E-state index in [0.29, 0.717) is 0 Å². The molecule has 0 unspecified atom stereocenters. The van der Waals surface area contributed by atoms with Crippen LogP contribution in [0.1, 0.15) is 17.8 Å². The van der Waals surface area contributed by atoms with Gasteiger partial charge in [0.15, 0.2) is 5.69 Å². The molecule has 0 amide bonds. The van der Waals surface area contributed by atoms with Crippen molar-refractivity contribution in [3.05, 3.63) is 71.1 Å². The summed E-state index contributed by atoms with van der Waals surface area (Å²) in [5.41, 5.74) is 3.73. The molecule has 4 heteroatoms. The van der Waals surface area contributed by atoms with Crippen molar-refractivity contribution in [1.82, 2.24) is 4.57 Å². The molecule has 0 saturated heterocycles. The predicted molar refractivity (Wildman–Crippen MR) is 95.5 cm³/mol. The first-order valence-electron chi connectivity index (χ1n) is 8.25. The molecule has 0 spiro atoms. The zero-order chi connectivity index (χ0) is 16.5. The number of nitrogens with zero attached hydrogens (tertiary/aromatic N) is 2. The molecule has 0 N–H and O–H groups in total. The largest absolute Gasteiger partial charge is 0.497 e. The molecule has 0 bridgehead atoms. The minimum atomic E-state index is 0.791. The average Bonchev–Trinajstić information content (AvgIpc) is 3.19. The maximum Gasteiger partial charge on any atom is 0.257 e. The van der Waals surface area contributed by atoms with Gasteiger partial charge in [0.25, 0.3) is 5.82 Å². The number of methoxy groups -OCH3 is 1. The van der Waals surface area contributed by atoms with Gasteiger partial charge in [-0.15, -0.1) is 0 Å². The molecule has 0 saturated carbocycles. The van der Waals surface area contributed by atoms with E-state index < -0.39 is 0 Å². The molecular formula is C20H20ClN2O+. The van der Waals surface area contributed by atoms with Gasteiger partial charge in [-0.05, 0) is 48.4 Å². The third-order valence-corrected chi connectivity index (χ3v) is 4.86. The Morgan fingerprint density at radius 1 is 1.17 bits per heavy atom. The lowest BCUT2D eigenvalue weighted by Gasteiger charge is -2.01. The van der Waals surface area contributed by atoms with Crippen LogP contribution in [0.3, 0.4) is 0 Å². The molecule has 3 aromatic rings. The zero-order valence-corrected chi connectivity index (χ0v) is 14.5. The second-order valence-corrected chi connectivity index (χ2v) is 6.61. The van der Waals surface area contributed by atoms with Crippen LogP contribution >= 0.6 is 11.6 Å². The summed E-state index contributed by atoms with van der Waals surface area (Å²) in [6.07, 6.45) is 4.59. The summed E-state index contributed by atoms with van der Waals surface area (Å²) in [7, 11) is 1.70. The third kappa shape index (κ3) is 2.80. The van der Waals surface area contributed by atoms with Crippen LogP contribution in [-0.2, 0) is 19.5 Å². The number of rotatable bonds is 4. The van der Waals surface area contributed by atoms with Crippen molar-refractivity contribution in [2.24, 2.45) is 0 Å². The lowest BCUT2D eigenvalue weighted by Crippen LogP contribution is -2.36. The van der Waals surface area contributed by atoms with Crippen LogP contribution in [0.25, 0.3) is 11.3 Å². The smallest absolute Gasteiger partial charge is 0.257 e. The van der Waals surface area contributed by atoms with Gasteiger partial charge in [0, 0.05) is 10.6 Å². The van der Waals surface area contributed by atoms with E-state index in [2.05, 4.69) is 33.5 Å². The molecule has 0 fully saturated rings. The van der Waals surface area contributed by atoms with Crippen molar-refractivity contribution < 1.29 is 9.30 Å². The lowest BCUT2D eigenvalue weighted by atomic mass is 10.1.